The number of hydrogen-bond acceptors (Lipinski definition) is 2. The lowest BCUT2D eigenvalue weighted by atomic mass is 9.86. The maximum Gasteiger partial charge on any atom is 0.269 e. The second-order valence-corrected chi connectivity index (χ2v) is 6.15. The molecule has 1 aromatic carbocycles. The van der Waals surface area contributed by atoms with Crippen LogP contribution in [0.25, 0.3) is 0 Å². The zero-order chi connectivity index (χ0) is 14.8. The molecule has 2 amide bonds. The van der Waals surface area contributed by atoms with Gasteiger partial charge in [-0.15, -0.1) is 0 Å². The van der Waals surface area contributed by atoms with Gasteiger partial charge in [0, 0.05) is 12.0 Å². The molecule has 2 aliphatic carbocycles. The van der Waals surface area contributed by atoms with Crippen molar-refractivity contribution < 1.29 is 14.0 Å². The molecule has 2 fully saturated rings. The van der Waals surface area contributed by atoms with Crippen LogP contribution in [0.2, 0.25) is 0 Å². The van der Waals surface area contributed by atoms with Crippen molar-refractivity contribution in [2.75, 3.05) is 0 Å². The molecule has 3 rings (SSSR count). The molecule has 0 radical (unpaired) electrons. The van der Waals surface area contributed by atoms with Crippen LogP contribution < -0.4 is 10.9 Å². The predicted molar refractivity (Wildman–Crippen MR) is 75.6 cm³/mol. The van der Waals surface area contributed by atoms with Crippen molar-refractivity contribution in [3.8, 4) is 0 Å². The summed E-state index contributed by atoms with van der Waals surface area (Å²) in [6, 6.07) is 5.19. The molecule has 0 saturated heterocycles. The monoisotopic (exact) mass is 290 g/mol. The van der Waals surface area contributed by atoms with Crippen molar-refractivity contribution in [3.05, 3.63) is 35.6 Å². The summed E-state index contributed by atoms with van der Waals surface area (Å²) in [7, 11) is 0. The summed E-state index contributed by atoms with van der Waals surface area (Å²) in [4.78, 5) is 23.7. The highest BCUT2D eigenvalue weighted by Crippen LogP contribution is 2.49. The number of halogens is 1. The lowest BCUT2D eigenvalue weighted by Gasteiger charge is -2.20. The zero-order valence-corrected chi connectivity index (χ0v) is 11.8. The fourth-order valence-corrected chi connectivity index (χ4v) is 3.72. The van der Waals surface area contributed by atoms with E-state index in [1.807, 2.05) is 0 Å². The average molecular weight is 290 g/mol. The predicted octanol–water partition coefficient (Wildman–Crippen LogP) is 2.41. The average Bonchev–Trinajstić information content (AvgIpc) is 3.08. The van der Waals surface area contributed by atoms with E-state index in [9.17, 15) is 14.0 Å². The summed E-state index contributed by atoms with van der Waals surface area (Å²) in [6.45, 7) is 0. The molecule has 0 unspecified atom stereocenters. The van der Waals surface area contributed by atoms with Crippen molar-refractivity contribution in [2.45, 2.75) is 32.1 Å². The Morgan fingerprint density at radius 2 is 1.86 bits per heavy atom. The van der Waals surface area contributed by atoms with Gasteiger partial charge in [0.2, 0.25) is 5.91 Å². The quantitative estimate of drug-likeness (QED) is 0.840. The van der Waals surface area contributed by atoms with Gasteiger partial charge in [0.1, 0.15) is 5.82 Å². The van der Waals surface area contributed by atoms with Gasteiger partial charge in [-0.05, 0) is 61.3 Å². The molecule has 2 saturated carbocycles. The maximum atomic E-state index is 12.8. The van der Waals surface area contributed by atoms with Gasteiger partial charge in [-0.3, -0.25) is 20.4 Å². The number of hydrogen-bond donors (Lipinski definition) is 2. The Balaban J connectivity index is 1.45. The number of rotatable bonds is 3. The Hall–Kier alpha value is -1.91. The third-order valence-corrected chi connectivity index (χ3v) is 4.75. The van der Waals surface area contributed by atoms with Crippen LogP contribution in [-0.2, 0) is 4.79 Å². The van der Waals surface area contributed by atoms with Gasteiger partial charge in [0.05, 0.1) is 0 Å². The first-order valence-corrected chi connectivity index (χ1v) is 7.46. The van der Waals surface area contributed by atoms with E-state index in [1.54, 1.807) is 0 Å². The van der Waals surface area contributed by atoms with E-state index in [0.717, 1.165) is 12.3 Å². The summed E-state index contributed by atoms with van der Waals surface area (Å²) in [5.41, 5.74) is 5.14. The minimum atomic E-state index is -0.434. The van der Waals surface area contributed by atoms with Crippen LogP contribution in [0, 0.1) is 23.6 Å². The highest BCUT2D eigenvalue weighted by Gasteiger charge is 2.40. The second kappa shape index (κ2) is 5.84. The molecule has 5 heteroatoms. The van der Waals surface area contributed by atoms with E-state index in [1.165, 1.54) is 43.5 Å². The molecule has 3 atom stereocenters. The number of nitrogens with one attached hydrogen (secondary N) is 2. The Morgan fingerprint density at radius 3 is 2.48 bits per heavy atom. The van der Waals surface area contributed by atoms with Crippen LogP contribution >= 0.6 is 0 Å². The first-order chi connectivity index (χ1) is 10.1. The third kappa shape index (κ3) is 3.23. The molecule has 2 aliphatic rings. The van der Waals surface area contributed by atoms with Crippen molar-refractivity contribution in [3.63, 3.8) is 0 Å². The first kappa shape index (κ1) is 14.0. The fraction of sp³-hybridized carbons (Fsp3) is 0.500. The van der Waals surface area contributed by atoms with Gasteiger partial charge >= 0.3 is 0 Å². The topological polar surface area (TPSA) is 58.2 Å². The second-order valence-electron chi connectivity index (χ2n) is 6.15. The normalized spacial score (nSPS) is 26.6. The minimum Gasteiger partial charge on any atom is -0.273 e. The molecule has 2 N–H and O–H groups in total. The molecule has 0 aliphatic heterocycles. The van der Waals surface area contributed by atoms with E-state index in [-0.39, 0.29) is 5.91 Å². The van der Waals surface area contributed by atoms with Gasteiger partial charge in [-0.1, -0.05) is 6.42 Å². The van der Waals surface area contributed by atoms with E-state index >= 15 is 0 Å². The SMILES string of the molecule is O=C(C[C@H]1C[C@H]2CC[C@@H]1C2)NNC(=O)c1ccc(F)cc1. The van der Waals surface area contributed by atoms with Crippen LogP contribution in [0.1, 0.15) is 42.5 Å². The standard InChI is InChI=1S/C16H19FN2O2/c17-14-5-3-11(4-6-14)16(21)19-18-15(20)9-13-8-10-1-2-12(13)7-10/h3-6,10,12-13H,1-2,7-9H2,(H,18,20)(H,19,21)/t10-,12+,13+/m0/s1. The van der Waals surface area contributed by atoms with Gasteiger partial charge in [-0.2, -0.15) is 0 Å². The molecule has 2 bridgehead atoms. The number of amides is 2. The van der Waals surface area contributed by atoms with Gasteiger partial charge in [0.25, 0.3) is 5.91 Å². The van der Waals surface area contributed by atoms with E-state index in [2.05, 4.69) is 10.9 Å². The minimum absolute atomic E-state index is 0.150. The highest BCUT2D eigenvalue weighted by molar-refractivity contribution is 5.95. The first-order valence-electron chi connectivity index (χ1n) is 7.46. The Bertz CT molecular complexity index is 544. The van der Waals surface area contributed by atoms with Crippen LogP contribution in [0.5, 0.6) is 0 Å². The molecule has 1 aromatic rings. The van der Waals surface area contributed by atoms with Gasteiger partial charge in [-0.25, -0.2) is 4.39 Å². The van der Waals surface area contributed by atoms with Gasteiger partial charge < -0.3 is 0 Å². The van der Waals surface area contributed by atoms with Crippen LogP contribution in [0.15, 0.2) is 24.3 Å². The molecule has 21 heavy (non-hydrogen) atoms. The number of benzene rings is 1. The molecule has 4 nitrogen and oxygen atoms in total. The maximum absolute atomic E-state index is 12.8. The fourth-order valence-electron chi connectivity index (χ4n) is 3.72. The molecular weight excluding hydrogens is 271 g/mol. The van der Waals surface area contributed by atoms with Crippen molar-refractivity contribution in [1.82, 2.24) is 10.9 Å². The molecule has 0 spiro atoms. The summed E-state index contributed by atoms with van der Waals surface area (Å²) in [6.07, 6.45) is 5.43. The largest absolute Gasteiger partial charge is 0.273 e. The van der Waals surface area contributed by atoms with Crippen LogP contribution in [0.3, 0.4) is 0 Å². The summed E-state index contributed by atoms with van der Waals surface area (Å²) in [5.74, 6) is 0.979. The number of hydrazine groups is 1. The molecule has 112 valence electrons. The van der Waals surface area contributed by atoms with Crippen LogP contribution in [0.4, 0.5) is 4.39 Å². The highest BCUT2D eigenvalue weighted by atomic mass is 19.1. The molecule has 0 aromatic heterocycles. The summed E-state index contributed by atoms with van der Waals surface area (Å²) >= 11 is 0. The number of carbonyl (C=O) groups excluding carboxylic acids is 2. The van der Waals surface area contributed by atoms with Crippen LogP contribution in [-0.4, -0.2) is 11.8 Å². The van der Waals surface area contributed by atoms with Gasteiger partial charge in [0.15, 0.2) is 0 Å². The number of fused-ring (bicyclic) bond motifs is 2. The zero-order valence-electron chi connectivity index (χ0n) is 11.8. The smallest absolute Gasteiger partial charge is 0.269 e. The lowest BCUT2D eigenvalue weighted by Crippen LogP contribution is -2.42. The van der Waals surface area contributed by atoms with Crippen molar-refractivity contribution >= 4 is 11.8 Å². The molecule has 0 heterocycles. The Morgan fingerprint density at radius 1 is 1.10 bits per heavy atom. The Labute approximate surface area is 123 Å². The van der Waals surface area contributed by atoms with E-state index < -0.39 is 11.7 Å². The summed E-state index contributed by atoms with van der Waals surface area (Å²) in [5, 5.41) is 0. The lowest BCUT2D eigenvalue weighted by molar-refractivity contribution is -0.123. The van der Waals surface area contributed by atoms with E-state index in [4.69, 9.17) is 0 Å². The number of carbonyl (C=O) groups is 2. The van der Waals surface area contributed by atoms with Crippen molar-refractivity contribution in [2.24, 2.45) is 17.8 Å². The molecular formula is C16H19FN2O2. The van der Waals surface area contributed by atoms with Crippen molar-refractivity contribution in [1.29, 1.82) is 0 Å². The van der Waals surface area contributed by atoms with E-state index in [0.29, 0.717) is 23.8 Å². The third-order valence-electron chi connectivity index (χ3n) is 4.75. The summed E-state index contributed by atoms with van der Waals surface area (Å²) < 4.78 is 12.8. The Kier molecular flexibility index (Phi) is 3.90.